The van der Waals surface area contributed by atoms with Gasteiger partial charge in [0.15, 0.2) is 0 Å². The summed E-state index contributed by atoms with van der Waals surface area (Å²) < 4.78 is 0. The van der Waals surface area contributed by atoms with Crippen molar-refractivity contribution in [3.63, 3.8) is 0 Å². The molecular formula is C16H22N2O3. The van der Waals surface area contributed by atoms with Gasteiger partial charge in [0.1, 0.15) is 6.04 Å². The molecular weight excluding hydrogens is 268 g/mol. The van der Waals surface area contributed by atoms with Gasteiger partial charge in [-0.15, -0.1) is 0 Å². The summed E-state index contributed by atoms with van der Waals surface area (Å²) in [5.74, 6) is -0.582. The van der Waals surface area contributed by atoms with Gasteiger partial charge in [0.25, 0.3) is 0 Å². The number of piperidine rings is 1. The number of para-hydroxylation sites is 1. The van der Waals surface area contributed by atoms with E-state index in [2.05, 4.69) is 0 Å². The Kier molecular flexibility index (Phi) is 4.83. The molecule has 2 atom stereocenters. The Morgan fingerprint density at radius 2 is 2.00 bits per heavy atom. The van der Waals surface area contributed by atoms with Gasteiger partial charge in [-0.05, 0) is 37.8 Å². The van der Waals surface area contributed by atoms with E-state index < -0.39 is 12.0 Å². The summed E-state index contributed by atoms with van der Waals surface area (Å²) in [4.78, 5) is 27.3. The van der Waals surface area contributed by atoms with Crippen LogP contribution < -0.4 is 4.90 Å². The average molecular weight is 290 g/mol. The molecule has 5 heteroatoms. The van der Waals surface area contributed by atoms with Crippen LogP contribution >= 0.6 is 0 Å². The van der Waals surface area contributed by atoms with Gasteiger partial charge < -0.3 is 10.0 Å². The van der Waals surface area contributed by atoms with E-state index in [1.807, 2.05) is 44.2 Å². The fourth-order valence-corrected chi connectivity index (χ4v) is 2.80. The minimum atomic E-state index is -0.918. The molecule has 0 bridgehead atoms. The van der Waals surface area contributed by atoms with Gasteiger partial charge in [0, 0.05) is 18.8 Å². The van der Waals surface area contributed by atoms with Crippen LogP contribution in [-0.4, -0.2) is 41.1 Å². The lowest BCUT2D eigenvalue weighted by Gasteiger charge is -2.38. The highest BCUT2D eigenvalue weighted by atomic mass is 16.4. The molecule has 1 aromatic rings. The van der Waals surface area contributed by atoms with Crippen LogP contribution in [0.15, 0.2) is 30.3 Å². The highest BCUT2D eigenvalue weighted by Gasteiger charge is 2.36. The molecule has 1 aliphatic heterocycles. The molecule has 0 radical (unpaired) electrons. The summed E-state index contributed by atoms with van der Waals surface area (Å²) in [6.45, 7) is 4.95. The third-order valence-electron chi connectivity index (χ3n) is 4.01. The number of anilines is 1. The maximum Gasteiger partial charge on any atom is 0.326 e. The lowest BCUT2D eigenvalue weighted by molar-refractivity contribution is -0.143. The Bertz CT molecular complexity index is 504. The van der Waals surface area contributed by atoms with Crippen molar-refractivity contribution < 1.29 is 14.7 Å². The van der Waals surface area contributed by atoms with Crippen LogP contribution in [0, 0.1) is 5.92 Å². The van der Waals surface area contributed by atoms with Crippen LogP contribution in [0.5, 0.6) is 0 Å². The van der Waals surface area contributed by atoms with Gasteiger partial charge in [-0.1, -0.05) is 25.1 Å². The van der Waals surface area contributed by atoms with Gasteiger partial charge in [0.05, 0.1) is 0 Å². The Morgan fingerprint density at radius 3 is 2.57 bits per heavy atom. The van der Waals surface area contributed by atoms with E-state index in [0.29, 0.717) is 25.4 Å². The number of hydrogen-bond donors (Lipinski definition) is 1. The second kappa shape index (κ2) is 6.61. The number of rotatable bonds is 3. The number of carboxylic acid groups (broad SMARTS) is 1. The number of hydrogen-bond acceptors (Lipinski definition) is 2. The first-order valence-corrected chi connectivity index (χ1v) is 7.40. The first-order chi connectivity index (χ1) is 10.0. The normalized spacial score (nSPS) is 21.9. The first-order valence-electron chi connectivity index (χ1n) is 7.40. The number of benzene rings is 1. The monoisotopic (exact) mass is 290 g/mol. The minimum absolute atomic E-state index is 0.219. The van der Waals surface area contributed by atoms with Crippen molar-refractivity contribution >= 4 is 17.7 Å². The van der Waals surface area contributed by atoms with Crippen molar-refractivity contribution in [2.45, 2.75) is 32.7 Å². The standard InChI is InChI=1S/C16H22N2O3/c1-3-17(13-7-5-4-6-8-13)16(21)18-10-9-12(2)11-14(18)15(19)20/h4-8,12,14H,3,9-11H2,1-2H3,(H,19,20). The molecule has 0 aliphatic carbocycles. The molecule has 2 unspecified atom stereocenters. The maximum atomic E-state index is 12.7. The lowest BCUT2D eigenvalue weighted by Crippen LogP contribution is -2.54. The minimum Gasteiger partial charge on any atom is -0.480 e. The molecule has 0 saturated carbocycles. The second-order valence-electron chi connectivity index (χ2n) is 5.54. The predicted molar refractivity (Wildman–Crippen MR) is 81.4 cm³/mol. The van der Waals surface area contributed by atoms with Gasteiger partial charge in [0.2, 0.25) is 0 Å². The zero-order valence-electron chi connectivity index (χ0n) is 12.5. The molecule has 0 aromatic heterocycles. The number of carbonyl (C=O) groups is 2. The van der Waals surface area contributed by atoms with Crippen LogP contribution in [0.3, 0.4) is 0 Å². The van der Waals surface area contributed by atoms with Crippen LogP contribution in [-0.2, 0) is 4.79 Å². The molecule has 2 rings (SSSR count). The van der Waals surface area contributed by atoms with E-state index in [9.17, 15) is 14.7 Å². The summed E-state index contributed by atoms with van der Waals surface area (Å²) in [5, 5.41) is 9.39. The highest BCUT2D eigenvalue weighted by Crippen LogP contribution is 2.25. The summed E-state index contributed by atoms with van der Waals surface area (Å²) in [7, 11) is 0. The molecule has 1 aromatic carbocycles. The number of carbonyl (C=O) groups excluding carboxylic acids is 1. The Morgan fingerprint density at radius 1 is 1.33 bits per heavy atom. The van der Waals surface area contributed by atoms with E-state index in [0.717, 1.165) is 12.1 Å². The number of nitrogens with zero attached hydrogens (tertiary/aromatic N) is 2. The number of carboxylic acids is 1. The predicted octanol–water partition coefficient (Wildman–Crippen LogP) is 2.82. The van der Waals surface area contributed by atoms with Gasteiger partial charge in [-0.3, -0.25) is 4.90 Å². The summed E-state index contributed by atoms with van der Waals surface area (Å²) in [6, 6.07) is 8.43. The number of aliphatic carboxylic acids is 1. The summed E-state index contributed by atoms with van der Waals surface area (Å²) in [6.07, 6.45) is 1.37. The summed E-state index contributed by atoms with van der Waals surface area (Å²) >= 11 is 0. The molecule has 5 nitrogen and oxygen atoms in total. The second-order valence-corrected chi connectivity index (χ2v) is 5.54. The Balaban J connectivity index is 2.22. The number of amides is 2. The molecule has 1 N–H and O–H groups in total. The topological polar surface area (TPSA) is 60.9 Å². The van der Waals surface area contributed by atoms with E-state index in [1.165, 1.54) is 4.90 Å². The molecule has 21 heavy (non-hydrogen) atoms. The molecule has 0 spiro atoms. The smallest absolute Gasteiger partial charge is 0.326 e. The van der Waals surface area contributed by atoms with Crippen LogP contribution in [0.4, 0.5) is 10.5 Å². The quantitative estimate of drug-likeness (QED) is 0.931. The van der Waals surface area contributed by atoms with E-state index in [-0.39, 0.29) is 6.03 Å². The van der Waals surface area contributed by atoms with E-state index >= 15 is 0 Å². The first kappa shape index (κ1) is 15.4. The van der Waals surface area contributed by atoms with Gasteiger partial charge in [-0.25, -0.2) is 9.59 Å². The van der Waals surface area contributed by atoms with Crippen molar-refractivity contribution in [1.29, 1.82) is 0 Å². The van der Waals surface area contributed by atoms with Crippen molar-refractivity contribution in [3.8, 4) is 0 Å². The molecule has 1 saturated heterocycles. The fourth-order valence-electron chi connectivity index (χ4n) is 2.80. The Hall–Kier alpha value is -2.04. The molecule has 2 amide bonds. The largest absolute Gasteiger partial charge is 0.480 e. The van der Waals surface area contributed by atoms with Gasteiger partial charge in [-0.2, -0.15) is 0 Å². The van der Waals surface area contributed by atoms with Crippen molar-refractivity contribution in [3.05, 3.63) is 30.3 Å². The lowest BCUT2D eigenvalue weighted by atomic mass is 9.92. The van der Waals surface area contributed by atoms with E-state index in [1.54, 1.807) is 4.90 Å². The van der Waals surface area contributed by atoms with Crippen LogP contribution in [0.1, 0.15) is 26.7 Å². The third-order valence-corrected chi connectivity index (χ3v) is 4.01. The zero-order chi connectivity index (χ0) is 15.4. The maximum absolute atomic E-state index is 12.7. The molecule has 1 fully saturated rings. The number of likely N-dealkylation sites (tertiary alicyclic amines) is 1. The fraction of sp³-hybridized carbons (Fsp3) is 0.500. The Labute approximate surface area is 125 Å². The zero-order valence-corrected chi connectivity index (χ0v) is 12.5. The van der Waals surface area contributed by atoms with Gasteiger partial charge >= 0.3 is 12.0 Å². The van der Waals surface area contributed by atoms with Crippen LogP contribution in [0.2, 0.25) is 0 Å². The summed E-state index contributed by atoms with van der Waals surface area (Å²) in [5.41, 5.74) is 0.799. The average Bonchev–Trinajstić information content (AvgIpc) is 2.48. The molecule has 114 valence electrons. The molecule has 1 heterocycles. The molecule has 1 aliphatic rings. The highest BCUT2D eigenvalue weighted by molar-refractivity contribution is 5.94. The SMILES string of the molecule is CCN(C(=O)N1CCC(C)CC1C(=O)O)c1ccccc1. The van der Waals surface area contributed by atoms with Crippen LogP contribution in [0.25, 0.3) is 0 Å². The van der Waals surface area contributed by atoms with Crippen molar-refractivity contribution in [1.82, 2.24) is 4.90 Å². The third kappa shape index (κ3) is 3.35. The van der Waals surface area contributed by atoms with Crippen molar-refractivity contribution in [2.24, 2.45) is 5.92 Å². The number of urea groups is 1. The van der Waals surface area contributed by atoms with E-state index in [4.69, 9.17) is 0 Å². The van der Waals surface area contributed by atoms with Crippen molar-refractivity contribution in [2.75, 3.05) is 18.0 Å².